The Hall–Kier alpha value is -0.850. The summed E-state index contributed by atoms with van der Waals surface area (Å²) in [4.78, 5) is 11.5. The van der Waals surface area contributed by atoms with Crippen molar-refractivity contribution in [1.29, 1.82) is 0 Å². The van der Waals surface area contributed by atoms with Gasteiger partial charge in [0.2, 0.25) is 0 Å². The monoisotopic (exact) mass is 192 g/mol. The molecular weight excluding hydrogens is 172 g/mol. The smallest absolute Gasteiger partial charge is 0.136 e. The van der Waals surface area contributed by atoms with Gasteiger partial charge in [-0.1, -0.05) is 12.2 Å². The molecule has 1 rings (SSSR count). The molecule has 0 radical (unpaired) electrons. The lowest BCUT2D eigenvalue weighted by Crippen LogP contribution is -2.16. The molecule has 14 heavy (non-hydrogen) atoms. The molecule has 0 aromatic carbocycles. The van der Waals surface area contributed by atoms with Gasteiger partial charge in [-0.25, -0.2) is 0 Å². The maximum atomic E-state index is 11.5. The van der Waals surface area contributed by atoms with Gasteiger partial charge in [0.15, 0.2) is 0 Å². The SMILES string of the molecule is C=CCCCC(C=C)C1CCCC1=O. The second kappa shape index (κ2) is 5.79. The average Bonchev–Trinajstić information content (AvgIpc) is 2.60. The number of hydrogen-bond donors (Lipinski definition) is 0. The van der Waals surface area contributed by atoms with Crippen LogP contribution in [0.5, 0.6) is 0 Å². The van der Waals surface area contributed by atoms with Gasteiger partial charge in [0.1, 0.15) is 5.78 Å². The molecule has 1 nitrogen and oxygen atoms in total. The van der Waals surface area contributed by atoms with E-state index in [2.05, 4.69) is 13.2 Å². The summed E-state index contributed by atoms with van der Waals surface area (Å²) in [5.74, 6) is 1.13. The van der Waals surface area contributed by atoms with Gasteiger partial charge in [-0.3, -0.25) is 4.79 Å². The maximum absolute atomic E-state index is 11.5. The van der Waals surface area contributed by atoms with Crippen molar-refractivity contribution in [1.82, 2.24) is 0 Å². The van der Waals surface area contributed by atoms with Gasteiger partial charge < -0.3 is 0 Å². The van der Waals surface area contributed by atoms with Gasteiger partial charge in [-0.05, 0) is 38.0 Å². The zero-order valence-electron chi connectivity index (χ0n) is 8.87. The van der Waals surface area contributed by atoms with E-state index in [1.807, 2.05) is 12.2 Å². The highest BCUT2D eigenvalue weighted by Crippen LogP contribution is 2.31. The molecule has 0 heterocycles. The number of ketones is 1. The summed E-state index contributed by atoms with van der Waals surface area (Å²) in [5.41, 5.74) is 0. The van der Waals surface area contributed by atoms with E-state index in [-0.39, 0.29) is 5.92 Å². The molecule has 0 saturated heterocycles. The molecule has 1 aliphatic carbocycles. The molecule has 2 atom stereocenters. The van der Waals surface area contributed by atoms with Gasteiger partial charge in [0.05, 0.1) is 0 Å². The summed E-state index contributed by atoms with van der Waals surface area (Å²) in [6, 6.07) is 0. The van der Waals surface area contributed by atoms with Crippen LogP contribution in [-0.4, -0.2) is 5.78 Å². The molecule has 0 aromatic rings. The Bertz CT molecular complexity index is 217. The number of Topliss-reactive ketones (excluding diaryl/α,β-unsaturated/α-hetero) is 1. The fourth-order valence-electron chi connectivity index (χ4n) is 2.28. The zero-order chi connectivity index (χ0) is 10.4. The number of allylic oxidation sites excluding steroid dienone is 2. The minimum atomic E-state index is 0.275. The Kier molecular flexibility index (Phi) is 4.64. The van der Waals surface area contributed by atoms with Crippen molar-refractivity contribution in [2.75, 3.05) is 0 Å². The third-order valence-electron chi connectivity index (χ3n) is 3.12. The van der Waals surface area contributed by atoms with Crippen LogP contribution < -0.4 is 0 Å². The minimum Gasteiger partial charge on any atom is -0.299 e. The Morgan fingerprint density at radius 3 is 2.79 bits per heavy atom. The number of hydrogen-bond acceptors (Lipinski definition) is 1. The van der Waals surface area contributed by atoms with E-state index in [1.165, 1.54) is 0 Å². The molecule has 0 N–H and O–H groups in total. The summed E-state index contributed by atoms with van der Waals surface area (Å²) >= 11 is 0. The van der Waals surface area contributed by atoms with Gasteiger partial charge in [0, 0.05) is 12.3 Å². The predicted molar refractivity (Wildman–Crippen MR) is 60.1 cm³/mol. The Balaban J connectivity index is 2.40. The highest BCUT2D eigenvalue weighted by molar-refractivity contribution is 5.83. The molecule has 78 valence electrons. The summed E-state index contributed by atoms with van der Waals surface area (Å²) in [6.45, 7) is 7.54. The van der Waals surface area contributed by atoms with Crippen molar-refractivity contribution < 1.29 is 4.79 Å². The fourth-order valence-corrected chi connectivity index (χ4v) is 2.28. The second-order valence-corrected chi connectivity index (χ2v) is 4.08. The van der Waals surface area contributed by atoms with E-state index >= 15 is 0 Å². The molecule has 0 aromatic heterocycles. The molecular formula is C13H20O. The van der Waals surface area contributed by atoms with Crippen LogP contribution in [0.15, 0.2) is 25.3 Å². The van der Waals surface area contributed by atoms with E-state index < -0.39 is 0 Å². The van der Waals surface area contributed by atoms with Crippen LogP contribution in [0.2, 0.25) is 0 Å². The first kappa shape index (κ1) is 11.2. The first-order valence-electron chi connectivity index (χ1n) is 5.55. The average molecular weight is 192 g/mol. The van der Waals surface area contributed by atoms with Gasteiger partial charge >= 0.3 is 0 Å². The minimum absolute atomic E-state index is 0.275. The van der Waals surface area contributed by atoms with E-state index in [4.69, 9.17) is 0 Å². The zero-order valence-corrected chi connectivity index (χ0v) is 8.87. The van der Waals surface area contributed by atoms with Crippen molar-refractivity contribution in [3.05, 3.63) is 25.3 Å². The Labute approximate surface area is 86.9 Å². The van der Waals surface area contributed by atoms with E-state index in [9.17, 15) is 4.79 Å². The number of rotatable bonds is 6. The standard InChI is InChI=1S/C13H20O/c1-3-5-6-8-11(4-2)12-9-7-10-13(12)14/h3-4,11-12H,1-2,5-10H2. The summed E-state index contributed by atoms with van der Waals surface area (Å²) in [5, 5.41) is 0. The first-order chi connectivity index (χ1) is 6.79. The van der Waals surface area contributed by atoms with Gasteiger partial charge in [-0.2, -0.15) is 0 Å². The molecule has 2 unspecified atom stereocenters. The van der Waals surface area contributed by atoms with E-state index in [1.54, 1.807) is 0 Å². The summed E-state index contributed by atoms with van der Waals surface area (Å²) in [7, 11) is 0. The van der Waals surface area contributed by atoms with Crippen molar-refractivity contribution >= 4 is 5.78 Å². The van der Waals surface area contributed by atoms with Gasteiger partial charge in [-0.15, -0.1) is 13.2 Å². The summed E-state index contributed by atoms with van der Waals surface area (Å²) in [6.07, 6.45) is 10.1. The quantitative estimate of drug-likeness (QED) is 0.465. The van der Waals surface area contributed by atoms with Crippen LogP contribution in [0.3, 0.4) is 0 Å². The predicted octanol–water partition coefficient (Wildman–Crippen LogP) is 3.51. The molecule has 0 spiro atoms. The molecule has 1 heteroatoms. The topological polar surface area (TPSA) is 17.1 Å². The molecule has 0 amide bonds. The maximum Gasteiger partial charge on any atom is 0.136 e. The van der Waals surface area contributed by atoms with Crippen LogP contribution in [0.1, 0.15) is 38.5 Å². The third-order valence-corrected chi connectivity index (χ3v) is 3.12. The number of carbonyl (C=O) groups is 1. The van der Waals surface area contributed by atoms with Crippen molar-refractivity contribution in [3.8, 4) is 0 Å². The molecule has 1 saturated carbocycles. The lowest BCUT2D eigenvalue weighted by molar-refractivity contribution is -0.121. The Morgan fingerprint density at radius 1 is 1.50 bits per heavy atom. The van der Waals surface area contributed by atoms with Crippen LogP contribution in [0.25, 0.3) is 0 Å². The highest BCUT2D eigenvalue weighted by atomic mass is 16.1. The third kappa shape index (κ3) is 2.83. The largest absolute Gasteiger partial charge is 0.299 e. The summed E-state index contributed by atoms with van der Waals surface area (Å²) < 4.78 is 0. The van der Waals surface area contributed by atoms with Crippen LogP contribution >= 0.6 is 0 Å². The number of carbonyl (C=O) groups excluding carboxylic acids is 1. The van der Waals surface area contributed by atoms with Crippen LogP contribution in [-0.2, 0) is 4.79 Å². The highest BCUT2D eigenvalue weighted by Gasteiger charge is 2.29. The molecule has 1 fully saturated rings. The second-order valence-electron chi connectivity index (χ2n) is 4.08. The lowest BCUT2D eigenvalue weighted by atomic mass is 9.86. The Morgan fingerprint density at radius 2 is 2.29 bits per heavy atom. The van der Waals surface area contributed by atoms with Crippen LogP contribution in [0.4, 0.5) is 0 Å². The van der Waals surface area contributed by atoms with Crippen molar-refractivity contribution in [2.45, 2.75) is 38.5 Å². The molecule has 0 bridgehead atoms. The molecule has 1 aliphatic rings. The normalized spacial score (nSPS) is 23.4. The first-order valence-corrected chi connectivity index (χ1v) is 5.55. The lowest BCUT2D eigenvalue weighted by Gasteiger charge is -2.17. The van der Waals surface area contributed by atoms with Crippen molar-refractivity contribution in [3.63, 3.8) is 0 Å². The van der Waals surface area contributed by atoms with E-state index in [0.29, 0.717) is 11.7 Å². The van der Waals surface area contributed by atoms with Crippen molar-refractivity contribution in [2.24, 2.45) is 11.8 Å². The fraction of sp³-hybridized carbons (Fsp3) is 0.615. The van der Waals surface area contributed by atoms with Gasteiger partial charge in [0.25, 0.3) is 0 Å². The van der Waals surface area contributed by atoms with Crippen LogP contribution in [0, 0.1) is 11.8 Å². The molecule has 0 aliphatic heterocycles. The number of unbranched alkanes of at least 4 members (excludes halogenated alkanes) is 1. The van der Waals surface area contributed by atoms with E-state index in [0.717, 1.165) is 38.5 Å².